The molecular formula is C23H20O3. The zero-order valence-corrected chi connectivity index (χ0v) is 14.4. The standard InChI is InChI=1S/C23H20O3/c24-22(19-10-3-1-4-11-19)17-21-14-8-7-9-18(21)15-16-26-23(25)20-12-5-2-6-13-20/h1-14H,15-17H2. The van der Waals surface area contributed by atoms with Crippen molar-refractivity contribution >= 4 is 11.8 Å². The molecule has 0 atom stereocenters. The summed E-state index contributed by atoms with van der Waals surface area (Å²) < 4.78 is 5.35. The molecule has 0 aliphatic heterocycles. The van der Waals surface area contributed by atoms with Crippen LogP contribution in [0.15, 0.2) is 84.9 Å². The van der Waals surface area contributed by atoms with Gasteiger partial charge in [0.2, 0.25) is 0 Å². The van der Waals surface area contributed by atoms with Gasteiger partial charge in [-0.25, -0.2) is 4.79 Å². The smallest absolute Gasteiger partial charge is 0.338 e. The molecule has 130 valence electrons. The van der Waals surface area contributed by atoms with Crippen molar-refractivity contribution in [2.24, 2.45) is 0 Å². The average Bonchev–Trinajstić information content (AvgIpc) is 2.70. The van der Waals surface area contributed by atoms with Crippen molar-refractivity contribution in [3.05, 3.63) is 107 Å². The van der Waals surface area contributed by atoms with E-state index >= 15 is 0 Å². The average molecular weight is 344 g/mol. The van der Waals surface area contributed by atoms with Gasteiger partial charge in [-0.05, 0) is 23.3 Å². The van der Waals surface area contributed by atoms with E-state index in [-0.39, 0.29) is 18.4 Å². The largest absolute Gasteiger partial charge is 0.462 e. The second kappa shape index (κ2) is 8.77. The third-order valence-electron chi connectivity index (χ3n) is 4.18. The summed E-state index contributed by atoms with van der Waals surface area (Å²) in [5.74, 6) is -0.247. The lowest BCUT2D eigenvalue weighted by atomic mass is 9.97. The monoisotopic (exact) mass is 344 g/mol. The molecule has 3 rings (SSSR count). The molecule has 0 radical (unpaired) electrons. The van der Waals surface area contributed by atoms with Crippen LogP contribution in [0.25, 0.3) is 0 Å². The molecule has 0 amide bonds. The number of hydrogen-bond donors (Lipinski definition) is 0. The van der Waals surface area contributed by atoms with Gasteiger partial charge in [-0.2, -0.15) is 0 Å². The van der Waals surface area contributed by atoms with Gasteiger partial charge < -0.3 is 4.74 Å². The number of ketones is 1. The van der Waals surface area contributed by atoms with Crippen molar-refractivity contribution in [3.63, 3.8) is 0 Å². The normalized spacial score (nSPS) is 10.3. The molecule has 3 heteroatoms. The van der Waals surface area contributed by atoms with Crippen LogP contribution in [0.5, 0.6) is 0 Å². The molecule has 0 heterocycles. The van der Waals surface area contributed by atoms with E-state index in [1.54, 1.807) is 24.3 Å². The number of Topliss-reactive ketones (excluding diaryl/α,β-unsaturated/α-hetero) is 1. The highest BCUT2D eigenvalue weighted by Crippen LogP contribution is 2.14. The summed E-state index contributed by atoms with van der Waals surface area (Å²) in [6.07, 6.45) is 0.920. The summed E-state index contributed by atoms with van der Waals surface area (Å²) in [6.45, 7) is 0.282. The lowest BCUT2D eigenvalue weighted by Crippen LogP contribution is -2.10. The maximum absolute atomic E-state index is 12.4. The Kier molecular flexibility index (Phi) is 5.94. The first-order chi connectivity index (χ1) is 12.7. The molecule has 3 aromatic rings. The van der Waals surface area contributed by atoms with Crippen molar-refractivity contribution in [2.75, 3.05) is 6.61 Å². The van der Waals surface area contributed by atoms with E-state index in [9.17, 15) is 9.59 Å². The number of rotatable bonds is 7. The van der Waals surface area contributed by atoms with E-state index in [4.69, 9.17) is 4.74 Å². The van der Waals surface area contributed by atoms with Crippen LogP contribution in [0.1, 0.15) is 31.8 Å². The van der Waals surface area contributed by atoms with Gasteiger partial charge in [-0.3, -0.25) is 4.79 Å². The molecule has 0 unspecified atom stereocenters. The molecule has 0 aliphatic rings. The predicted molar refractivity (Wildman–Crippen MR) is 101 cm³/mol. The van der Waals surface area contributed by atoms with E-state index in [1.165, 1.54) is 0 Å². The summed E-state index contributed by atoms with van der Waals surface area (Å²) in [4.78, 5) is 24.5. The van der Waals surface area contributed by atoms with E-state index in [0.29, 0.717) is 24.0 Å². The molecule has 0 aromatic heterocycles. The quantitative estimate of drug-likeness (QED) is 0.468. The summed E-state index contributed by atoms with van der Waals surface area (Å²) in [5.41, 5.74) is 3.24. The lowest BCUT2D eigenvalue weighted by Gasteiger charge is -2.10. The maximum Gasteiger partial charge on any atom is 0.338 e. The fraction of sp³-hybridized carbons (Fsp3) is 0.130. The molecule has 0 bridgehead atoms. The first-order valence-corrected chi connectivity index (χ1v) is 8.61. The molecule has 0 aliphatic carbocycles. The van der Waals surface area contributed by atoms with E-state index < -0.39 is 0 Å². The second-order valence-electron chi connectivity index (χ2n) is 5.99. The Morgan fingerprint density at radius 2 is 1.19 bits per heavy atom. The minimum atomic E-state index is -0.330. The predicted octanol–water partition coefficient (Wildman–Crippen LogP) is 4.51. The van der Waals surface area contributed by atoms with Gasteiger partial charge in [0.05, 0.1) is 12.2 Å². The number of hydrogen-bond acceptors (Lipinski definition) is 3. The fourth-order valence-corrected chi connectivity index (χ4v) is 2.78. The van der Waals surface area contributed by atoms with Gasteiger partial charge in [0.25, 0.3) is 0 Å². The number of carbonyl (C=O) groups excluding carboxylic acids is 2. The first-order valence-electron chi connectivity index (χ1n) is 8.61. The Morgan fingerprint density at radius 1 is 0.654 bits per heavy atom. The minimum Gasteiger partial charge on any atom is -0.462 e. The third-order valence-corrected chi connectivity index (χ3v) is 4.18. The molecule has 0 N–H and O–H groups in total. The molecule has 3 aromatic carbocycles. The Labute approximate surface area is 153 Å². The van der Waals surface area contributed by atoms with Crippen LogP contribution in [0.4, 0.5) is 0 Å². The summed E-state index contributed by atoms with van der Waals surface area (Å²) in [6, 6.07) is 26.0. The zero-order valence-electron chi connectivity index (χ0n) is 14.4. The zero-order chi connectivity index (χ0) is 18.2. The first kappa shape index (κ1) is 17.6. The van der Waals surface area contributed by atoms with Crippen LogP contribution in [-0.2, 0) is 17.6 Å². The van der Waals surface area contributed by atoms with Gasteiger partial charge >= 0.3 is 5.97 Å². The van der Waals surface area contributed by atoms with Gasteiger partial charge in [-0.1, -0.05) is 72.8 Å². The van der Waals surface area contributed by atoms with E-state index in [1.807, 2.05) is 60.7 Å². The van der Waals surface area contributed by atoms with Crippen LogP contribution in [0.2, 0.25) is 0 Å². The van der Waals surface area contributed by atoms with Crippen molar-refractivity contribution < 1.29 is 14.3 Å². The minimum absolute atomic E-state index is 0.0827. The van der Waals surface area contributed by atoms with Gasteiger partial charge in [0.15, 0.2) is 5.78 Å². The highest BCUT2D eigenvalue weighted by molar-refractivity contribution is 5.97. The summed E-state index contributed by atoms with van der Waals surface area (Å²) in [5, 5.41) is 0. The van der Waals surface area contributed by atoms with Crippen molar-refractivity contribution in [2.45, 2.75) is 12.8 Å². The number of ether oxygens (including phenoxy) is 1. The van der Waals surface area contributed by atoms with Crippen LogP contribution in [0, 0.1) is 0 Å². The van der Waals surface area contributed by atoms with Crippen molar-refractivity contribution in [1.29, 1.82) is 0 Å². The maximum atomic E-state index is 12.4. The summed E-state index contributed by atoms with van der Waals surface area (Å²) >= 11 is 0. The molecule has 3 nitrogen and oxygen atoms in total. The number of carbonyl (C=O) groups is 2. The SMILES string of the molecule is O=C(Cc1ccccc1CCOC(=O)c1ccccc1)c1ccccc1. The van der Waals surface area contributed by atoms with Crippen LogP contribution in [0.3, 0.4) is 0 Å². The molecular weight excluding hydrogens is 324 g/mol. The highest BCUT2D eigenvalue weighted by atomic mass is 16.5. The number of benzene rings is 3. The molecule has 0 saturated carbocycles. The number of esters is 1. The third kappa shape index (κ3) is 4.67. The topological polar surface area (TPSA) is 43.4 Å². The van der Waals surface area contributed by atoms with E-state index in [0.717, 1.165) is 11.1 Å². The van der Waals surface area contributed by atoms with Crippen molar-refractivity contribution in [3.8, 4) is 0 Å². The summed E-state index contributed by atoms with van der Waals surface area (Å²) in [7, 11) is 0. The second-order valence-corrected chi connectivity index (χ2v) is 5.99. The van der Waals surface area contributed by atoms with E-state index in [2.05, 4.69) is 0 Å². The van der Waals surface area contributed by atoms with Gasteiger partial charge in [0.1, 0.15) is 0 Å². The van der Waals surface area contributed by atoms with Crippen molar-refractivity contribution in [1.82, 2.24) is 0 Å². The Balaban J connectivity index is 1.61. The van der Waals surface area contributed by atoms with Gasteiger partial charge in [-0.15, -0.1) is 0 Å². The molecule has 0 spiro atoms. The Hall–Kier alpha value is -3.20. The van der Waals surface area contributed by atoms with Crippen LogP contribution >= 0.6 is 0 Å². The fourth-order valence-electron chi connectivity index (χ4n) is 2.78. The Morgan fingerprint density at radius 3 is 1.85 bits per heavy atom. The molecule has 0 saturated heterocycles. The van der Waals surface area contributed by atoms with Gasteiger partial charge in [0, 0.05) is 18.4 Å². The molecule has 0 fully saturated rings. The Bertz CT molecular complexity index is 870. The molecule has 26 heavy (non-hydrogen) atoms. The van der Waals surface area contributed by atoms with Crippen LogP contribution < -0.4 is 0 Å². The lowest BCUT2D eigenvalue weighted by molar-refractivity contribution is 0.0508. The van der Waals surface area contributed by atoms with Crippen LogP contribution in [-0.4, -0.2) is 18.4 Å². The highest BCUT2D eigenvalue weighted by Gasteiger charge is 2.11.